The van der Waals surface area contributed by atoms with E-state index in [0.717, 1.165) is 5.69 Å². The summed E-state index contributed by atoms with van der Waals surface area (Å²) in [6.45, 7) is 4.28. The first kappa shape index (κ1) is 15.0. The molecule has 0 fully saturated rings. The number of rotatable bonds is 3. The molecule has 0 bridgehead atoms. The highest BCUT2D eigenvalue weighted by Crippen LogP contribution is 2.24. The third-order valence-corrected chi connectivity index (χ3v) is 3.33. The molecule has 0 aromatic heterocycles. The van der Waals surface area contributed by atoms with Gasteiger partial charge in [-0.25, -0.2) is 0 Å². The van der Waals surface area contributed by atoms with E-state index in [-0.39, 0.29) is 0 Å². The van der Waals surface area contributed by atoms with Gasteiger partial charge in [0.15, 0.2) is 5.11 Å². The number of thiocarbonyl (C=S) groups is 1. The van der Waals surface area contributed by atoms with Crippen LogP contribution in [0.15, 0.2) is 48.5 Å². The van der Waals surface area contributed by atoms with E-state index >= 15 is 0 Å². The predicted octanol–water partition coefficient (Wildman–Crippen LogP) is 4.49. The molecular formula is C17H17N3S. The number of hydrogen-bond donors (Lipinski definition) is 2. The van der Waals surface area contributed by atoms with Crippen molar-refractivity contribution in [2.75, 3.05) is 10.6 Å². The van der Waals surface area contributed by atoms with Crippen LogP contribution in [0.4, 0.5) is 11.4 Å². The van der Waals surface area contributed by atoms with E-state index in [2.05, 4.69) is 36.6 Å². The molecule has 0 heterocycles. The zero-order valence-electron chi connectivity index (χ0n) is 12.1. The molecule has 0 radical (unpaired) electrons. The third-order valence-electron chi connectivity index (χ3n) is 3.13. The summed E-state index contributed by atoms with van der Waals surface area (Å²) in [5.41, 5.74) is 3.47. The van der Waals surface area contributed by atoms with Crippen LogP contribution in [0.2, 0.25) is 0 Å². The van der Waals surface area contributed by atoms with Gasteiger partial charge in [0.25, 0.3) is 0 Å². The van der Waals surface area contributed by atoms with Gasteiger partial charge in [-0.3, -0.25) is 0 Å². The molecule has 0 saturated heterocycles. The number of benzene rings is 2. The molecular weight excluding hydrogens is 278 g/mol. The molecule has 0 unspecified atom stereocenters. The Labute approximate surface area is 130 Å². The summed E-state index contributed by atoms with van der Waals surface area (Å²) in [4.78, 5) is 0. The van der Waals surface area contributed by atoms with E-state index in [0.29, 0.717) is 22.3 Å². The Morgan fingerprint density at radius 1 is 1.00 bits per heavy atom. The lowest BCUT2D eigenvalue weighted by molar-refractivity contribution is 0.869. The number of para-hydroxylation sites is 2. The van der Waals surface area contributed by atoms with Crippen molar-refractivity contribution in [3.8, 4) is 6.07 Å². The summed E-state index contributed by atoms with van der Waals surface area (Å²) in [5, 5.41) is 15.8. The summed E-state index contributed by atoms with van der Waals surface area (Å²) >= 11 is 5.34. The van der Waals surface area contributed by atoms with Crippen molar-refractivity contribution in [3.63, 3.8) is 0 Å². The van der Waals surface area contributed by atoms with Crippen molar-refractivity contribution in [1.82, 2.24) is 0 Å². The van der Waals surface area contributed by atoms with E-state index in [1.807, 2.05) is 36.4 Å². The second-order valence-corrected chi connectivity index (χ2v) is 5.39. The lowest BCUT2D eigenvalue weighted by Gasteiger charge is -2.16. The average molecular weight is 295 g/mol. The Morgan fingerprint density at radius 2 is 1.57 bits per heavy atom. The largest absolute Gasteiger partial charge is 0.332 e. The smallest absolute Gasteiger partial charge is 0.175 e. The highest BCUT2D eigenvalue weighted by Gasteiger charge is 2.08. The minimum atomic E-state index is 0.405. The Kier molecular flexibility index (Phi) is 4.91. The monoisotopic (exact) mass is 295 g/mol. The predicted molar refractivity (Wildman–Crippen MR) is 91.5 cm³/mol. The fraction of sp³-hybridized carbons (Fsp3) is 0.176. The van der Waals surface area contributed by atoms with Crippen LogP contribution in [0, 0.1) is 11.3 Å². The first-order chi connectivity index (χ1) is 10.1. The maximum atomic E-state index is 9.08. The molecule has 106 valence electrons. The van der Waals surface area contributed by atoms with Crippen LogP contribution in [0.3, 0.4) is 0 Å². The molecule has 0 aliphatic carbocycles. The molecule has 0 aliphatic rings. The van der Waals surface area contributed by atoms with Crippen LogP contribution in [0.25, 0.3) is 0 Å². The summed E-state index contributed by atoms with van der Waals surface area (Å²) in [5.74, 6) is 0.405. The maximum absolute atomic E-state index is 9.08. The molecule has 0 saturated carbocycles. The topological polar surface area (TPSA) is 47.8 Å². The Morgan fingerprint density at radius 3 is 2.24 bits per heavy atom. The third kappa shape index (κ3) is 3.80. The van der Waals surface area contributed by atoms with Crippen LogP contribution >= 0.6 is 12.2 Å². The minimum Gasteiger partial charge on any atom is -0.332 e. The summed E-state index contributed by atoms with van der Waals surface area (Å²) in [7, 11) is 0. The van der Waals surface area contributed by atoms with Crippen molar-refractivity contribution in [2.24, 2.45) is 0 Å². The minimum absolute atomic E-state index is 0.405. The fourth-order valence-corrected chi connectivity index (χ4v) is 2.30. The number of hydrogen-bond acceptors (Lipinski definition) is 2. The van der Waals surface area contributed by atoms with Gasteiger partial charge in [0.05, 0.1) is 11.3 Å². The maximum Gasteiger partial charge on any atom is 0.175 e. The van der Waals surface area contributed by atoms with E-state index < -0.39 is 0 Å². The van der Waals surface area contributed by atoms with Crippen molar-refractivity contribution >= 4 is 28.7 Å². The fourth-order valence-electron chi connectivity index (χ4n) is 2.08. The van der Waals surface area contributed by atoms with E-state index in [4.69, 9.17) is 17.5 Å². The van der Waals surface area contributed by atoms with Crippen molar-refractivity contribution in [2.45, 2.75) is 19.8 Å². The second-order valence-electron chi connectivity index (χ2n) is 4.98. The normalized spacial score (nSPS) is 10.0. The first-order valence-corrected chi connectivity index (χ1v) is 7.18. The molecule has 3 nitrogen and oxygen atoms in total. The van der Waals surface area contributed by atoms with Gasteiger partial charge in [0, 0.05) is 5.69 Å². The van der Waals surface area contributed by atoms with Crippen LogP contribution in [-0.2, 0) is 0 Å². The van der Waals surface area contributed by atoms with Crippen LogP contribution in [0.1, 0.15) is 30.9 Å². The molecule has 0 amide bonds. The van der Waals surface area contributed by atoms with Crippen molar-refractivity contribution in [3.05, 3.63) is 59.7 Å². The van der Waals surface area contributed by atoms with Gasteiger partial charge in [-0.2, -0.15) is 5.26 Å². The highest BCUT2D eigenvalue weighted by molar-refractivity contribution is 7.80. The lowest BCUT2D eigenvalue weighted by atomic mass is 10.0. The number of nitrogens with one attached hydrogen (secondary N) is 2. The highest BCUT2D eigenvalue weighted by atomic mass is 32.1. The van der Waals surface area contributed by atoms with Gasteiger partial charge in [-0.15, -0.1) is 0 Å². The van der Waals surface area contributed by atoms with E-state index in [1.165, 1.54) is 5.56 Å². The Balaban J connectivity index is 2.15. The number of nitrogens with zero attached hydrogens (tertiary/aromatic N) is 1. The summed E-state index contributed by atoms with van der Waals surface area (Å²) in [6, 6.07) is 17.5. The van der Waals surface area contributed by atoms with Gasteiger partial charge in [-0.05, 0) is 41.9 Å². The SMILES string of the molecule is CC(C)c1ccccc1NC(=S)Nc1ccccc1C#N. The number of nitriles is 1. The second kappa shape index (κ2) is 6.87. The molecule has 0 atom stereocenters. The lowest BCUT2D eigenvalue weighted by Crippen LogP contribution is -2.20. The first-order valence-electron chi connectivity index (χ1n) is 6.78. The van der Waals surface area contributed by atoms with Crippen LogP contribution in [0.5, 0.6) is 0 Å². The van der Waals surface area contributed by atoms with Crippen LogP contribution in [-0.4, -0.2) is 5.11 Å². The average Bonchev–Trinajstić information content (AvgIpc) is 2.48. The summed E-state index contributed by atoms with van der Waals surface area (Å²) < 4.78 is 0. The Hall–Kier alpha value is -2.38. The summed E-state index contributed by atoms with van der Waals surface area (Å²) in [6.07, 6.45) is 0. The zero-order chi connectivity index (χ0) is 15.2. The molecule has 2 aromatic rings. The Bertz CT molecular complexity index is 686. The van der Waals surface area contributed by atoms with E-state index in [9.17, 15) is 0 Å². The van der Waals surface area contributed by atoms with Crippen molar-refractivity contribution < 1.29 is 0 Å². The van der Waals surface area contributed by atoms with Crippen LogP contribution < -0.4 is 10.6 Å². The molecule has 2 aromatic carbocycles. The molecule has 0 spiro atoms. The zero-order valence-corrected chi connectivity index (χ0v) is 12.9. The van der Waals surface area contributed by atoms with Gasteiger partial charge in [0.2, 0.25) is 0 Å². The molecule has 4 heteroatoms. The molecule has 0 aliphatic heterocycles. The van der Waals surface area contributed by atoms with Gasteiger partial charge in [0.1, 0.15) is 6.07 Å². The van der Waals surface area contributed by atoms with E-state index in [1.54, 1.807) is 6.07 Å². The molecule has 2 N–H and O–H groups in total. The molecule has 2 rings (SSSR count). The van der Waals surface area contributed by atoms with Crippen molar-refractivity contribution in [1.29, 1.82) is 5.26 Å². The van der Waals surface area contributed by atoms with Gasteiger partial charge >= 0.3 is 0 Å². The molecule has 21 heavy (non-hydrogen) atoms. The quantitative estimate of drug-likeness (QED) is 0.819. The van der Waals surface area contributed by atoms with Gasteiger partial charge in [-0.1, -0.05) is 44.2 Å². The standard InChI is InChI=1S/C17H17N3S/c1-12(2)14-8-4-6-10-16(14)20-17(21)19-15-9-5-3-7-13(15)11-18/h3-10,12H,1-2H3,(H2,19,20,21). The number of anilines is 2. The van der Waals surface area contributed by atoms with Gasteiger partial charge < -0.3 is 10.6 Å².